The molecule has 2 amide bonds. The second kappa shape index (κ2) is 8.05. The number of fused-ring (bicyclic) bond motifs is 1. The van der Waals surface area contributed by atoms with Gasteiger partial charge in [0, 0.05) is 43.6 Å². The van der Waals surface area contributed by atoms with Crippen molar-refractivity contribution in [3.63, 3.8) is 0 Å². The van der Waals surface area contributed by atoms with Crippen molar-refractivity contribution in [2.24, 2.45) is 5.92 Å². The molecule has 2 aromatic rings. The van der Waals surface area contributed by atoms with Gasteiger partial charge in [0.25, 0.3) is 0 Å². The SMILES string of the molecule is CN(CCNc1nc(Nc2ccc3c(c2)CC(=O)N3)ncc1C(F)(F)F)C(=O)C1CC1. The summed E-state index contributed by atoms with van der Waals surface area (Å²) >= 11 is 0. The standard InChI is InChI=1S/C20H21F3N6O2/c1-29(18(31)11-2-3-11)7-6-24-17-14(20(21,22)23)10-25-19(28-17)26-13-4-5-15-12(8-13)9-16(30)27-15/h4-5,8,10-11H,2-3,6-7,9H2,1H3,(H,27,30)(H2,24,25,26,28). The Hall–Kier alpha value is -3.37. The van der Waals surface area contributed by atoms with Gasteiger partial charge in [0.05, 0.1) is 6.42 Å². The minimum atomic E-state index is -4.63. The van der Waals surface area contributed by atoms with Gasteiger partial charge < -0.3 is 20.9 Å². The van der Waals surface area contributed by atoms with E-state index >= 15 is 0 Å². The second-order valence-electron chi connectivity index (χ2n) is 7.64. The number of aromatic nitrogens is 2. The first kappa shape index (κ1) is 20.9. The molecule has 0 unspecified atom stereocenters. The first-order valence-electron chi connectivity index (χ1n) is 9.83. The summed E-state index contributed by atoms with van der Waals surface area (Å²) in [6.07, 6.45) is -1.95. The van der Waals surface area contributed by atoms with Crippen LogP contribution in [-0.4, -0.2) is 46.8 Å². The Balaban J connectivity index is 1.47. The molecule has 3 N–H and O–H groups in total. The van der Waals surface area contributed by atoms with Gasteiger partial charge in [-0.1, -0.05) is 0 Å². The number of amides is 2. The molecular formula is C20H21F3N6O2. The van der Waals surface area contributed by atoms with Gasteiger partial charge in [-0.15, -0.1) is 0 Å². The third-order valence-electron chi connectivity index (χ3n) is 5.12. The Morgan fingerprint density at radius 1 is 1.32 bits per heavy atom. The summed E-state index contributed by atoms with van der Waals surface area (Å²) < 4.78 is 40.1. The third kappa shape index (κ3) is 4.86. The molecule has 1 aliphatic heterocycles. The fraction of sp³-hybridized carbons (Fsp3) is 0.400. The number of nitrogens with one attached hydrogen (secondary N) is 3. The molecular weight excluding hydrogens is 413 g/mol. The van der Waals surface area contributed by atoms with Crippen LogP contribution in [0.5, 0.6) is 0 Å². The summed E-state index contributed by atoms with van der Waals surface area (Å²) in [5, 5.41) is 8.27. The summed E-state index contributed by atoms with van der Waals surface area (Å²) in [4.78, 5) is 32.8. The highest BCUT2D eigenvalue weighted by Gasteiger charge is 2.35. The molecule has 0 spiro atoms. The van der Waals surface area contributed by atoms with Crippen LogP contribution >= 0.6 is 0 Å². The monoisotopic (exact) mass is 434 g/mol. The summed E-state index contributed by atoms with van der Waals surface area (Å²) in [7, 11) is 1.63. The topological polar surface area (TPSA) is 99.2 Å². The molecule has 11 heteroatoms. The molecule has 0 atom stereocenters. The Morgan fingerprint density at radius 2 is 2.10 bits per heavy atom. The van der Waals surface area contributed by atoms with E-state index in [1.165, 1.54) is 4.90 Å². The van der Waals surface area contributed by atoms with E-state index in [-0.39, 0.29) is 49.0 Å². The molecule has 2 aliphatic rings. The van der Waals surface area contributed by atoms with Crippen LogP contribution in [0.1, 0.15) is 24.0 Å². The summed E-state index contributed by atoms with van der Waals surface area (Å²) in [5.74, 6) is -0.448. The normalized spacial score (nSPS) is 15.3. The lowest BCUT2D eigenvalue weighted by atomic mass is 10.1. The number of likely N-dealkylation sites (N-methyl/N-ethyl adjacent to an activating group) is 1. The first-order chi connectivity index (χ1) is 14.7. The van der Waals surface area contributed by atoms with Crippen molar-refractivity contribution in [1.82, 2.24) is 14.9 Å². The van der Waals surface area contributed by atoms with Crippen molar-refractivity contribution in [3.8, 4) is 0 Å². The first-order valence-corrected chi connectivity index (χ1v) is 9.83. The molecule has 1 saturated carbocycles. The highest BCUT2D eigenvalue weighted by atomic mass is 19.4. The van der Waals surface area contributed by atoms with Gasteiger partial charge in [-0.05, 0) is 36.6 Å². The largest absolute Gasteiger partial charge is 0.421 e. The predicted molar refractivity (Wildman–Crippen MR) is 108 cm³/mol. The predicted octanol–water partition coefficient (Wildman–Crippen LogP) is 3.01. The van der Waals surface area contributed by atoms with Crippen molar-refractivity contribution in [1.29, 1.82) is 0 Å². The average Bonchev–Trinajstić information content (AvgIpc) is 3.48. The van der Waals surface area contributed by atoms with Crippen LogP contribution in [-0.2, 0) is 22.2 Å². The summed E-state index contributed by atoms with van der Waals surface area (Å²) in [6, 6.07) is 5.11. The second-order valence-corrected chi connectivity index (χ2v) is 7.64. The number of carbonyl (C=O) groups excluding carboxylic acids is 2. The van der Waals surface area contributed by atoms with Crippen LogP contribution in [0.2, 0.25) is 0 Å². The van der Waals surface area contributed by atoms with Gasteiger partial charge >= 0.3 is 6.18 Å². The Labute approximate surface area is 176 Å². The highest BCUT2D eigenvalue weighted by molar-refractivity contribution is 5.99. The molecule has 0 saturated heterocycles. The van der Waals surface area contributed by atoms with Gasteiger partial charge in [0.15, 0.2) is 0 Å². The fourth-order valence-corrected chi connectivity index (χ4v) is 3.31. The number of anilines is 4. The van der Waals surface area contributed by atoms with E-state index in [0.29, 0.717) is 11.4 Å². The number of carbonyl (C=O) groups is 2. The molecule has 1 aromatic heterocycles. The minimum Gasteiger partial charge on any atom is -0.368 e. The maximum Gasteiger partial charge on any atom is 0.421 e. The summed E-state index contributed by atoms with van der Waals surface area (Å²) in [6.45, 7) is 0.367. The molecule has 164 valence electrons. The van der Waals surface area contributed by atoms with Gasteiger partial charge in [-0.3, -0.25) is 9.59 Å². The van der Waals surface area contributed by atoms with Crippen molar-refractivity contribution in [2.75, 3.05) is 36.1 Å². The van der Waals surface area contributed by atoms with E-state index in [9.17, 15) is 22.8 Å². The Kier molecular flexibility index (Phi) is 5.42. The molecule has 0 bridgehead atoms. The van der Waals surface area contributed by atoms with Crippen LogP contribution < -0.4 is 16.0 Å². The van der Waals surface area contributed by atoms with Gasteiger partial charge in [-0.25, -0.2) is 4.98 Å². The smallest absolute Gasteiger partial charge is 0.368 e. The number of benzene rings is 1. The Morgan fingerprint density at radius 3 is 2.81 bits per heavy atom. The summed E-state index contributed by atoms with van der Waals surface area (Å²) in [5.41, 5.74) is 1.05. The molecule has 1 fully saturated rings. The van der Waals surface area contributed by atoms with E-state index in [1.807, 2.05) is 0 Å². The third-order valence-corrected chi connectivity index (χ3v) is 5.12. The molecule has 2 heterocycles. The van der Waals surface area contributed by atoms with Crippen LogP contribution in [0.25, 0.3) is 0 Å². The number of nitrogens with zero attached hydrogens (tertiary/aromatic N) is 3. The number of hydrogen-bond donors (Lipinski definition) is 3. The quantitative estimate of drug-likeness (QED) is 0.620. The molecule has 0 radical (unpaired) electrons. The number of rotatable bonds is 7. The Bertz CT molecular complexity index is 1020. The van der Waals surface area contributed by atoms with Gasteiger partial charge in [0.1, 0.15) is 11.4 Å². The zero-order valence-corrected chi connectivity index (χ0v) is 16.7. The lowest BCUT2D eigenvalue weighted by molar-refractivity contribution is -0.137. The van der Waals surface area contributed by atoms with Crippen molar-refractivity contribution >= 4 is 35.0 Å². The van der Waals surface area contributed by atoms with E-state index < -0.39 is 11.7 Å². The van der Waals surface area contributed by atoms with E-state index in [2.05, 4.69) is 25.9 Å². The molecule has 31 heavy (non-hydrogen) atoms. The zero-order valence-electron chi connectivity index (χ0n) is 16.7. The van der Waals surface area contributed by atoms with E-state index in [0.717, 1.165) is 24.6 Å². The maximum atomic E-state index is 13.4. The van der Waals surface area contributed by atoms with Crippen LogP contribution in [0.15, 0.2) is 24.4 Å². The van der Waals surface area contributed by atoms with Crippen LogP contribution in [0.3, 0.4) is 0 Å². The van der Waals surface area contributed by atoms with E-state index in [4.69, 9.17) is 0 Å². The number of halogens is 3. The molecule has 8 nitrogen and oxygen atoms in total. The van der Waals surface area contributed by atoms with Crippen LogP contribution in [0.4, 0.5) is 36.3 Å². The number of alkyl halides is 3. The van der Waals surface area contributed by atoms with Crippen molar-refractivity contribution < 1.29 is 22.8 Å². The van der Waals surface area contributed by atoms with Crippen molar-refractivity contribution in [2.45, 2.75) is 25.4 Å². The van der Waals surface area contributed by atoms with Crippen LogP contribution in [0, 0.1) is 5.92 Å². The lowest BCUT2D eigenvalue weighted by Gasteiger charge is -2.19. The number of hydrogen-bond acceptors (Lipinski definition) is 6. The van der Waals surface area contributed by atoms with Gasteiger partial charge in [0.2, 0.25) is 17.8 Å². The zero-order chi connectivity index (χ0) is 22.2. The molecule has 1 aromatic carbocycles. The fourth-order valence-electron chi connectivity index (χ4n) is 3.31. The van der Waals surface area contributed by atoms with Gasteiger partial charge in [-0.2, -0.15) is 18.2 Å². The average molecular weight is 434 g/mol. The minimum absolute atomic E-state index is 0.00692. The molecule has 1 aliphatic carbocycles. The molecule has 4 rings (SSSR count). The van der Waals surface area contributed by atoms with E-state index in [1.54, 1.807) is 25.2 Å². The van der Waals surface area contributed by atoms with Crippen molar-refractivity contribution in [3.05, 3.63) is 35.5 Å². The lowest BCUT2D eigenvalue weighted by Crippen LogP contribution is -2.32. The highest BCUT2D eigenvalue weighted by Crippen LogP contribution is 2.34. The maximum absolute atomic E-state index is 13.4.